The average molecular weight is 153 g/mol. The first kappa shape index (κ1) is 7.60. The van der Waals surface area contributed by atoms with Crippen molar-refractivity contribution in [1.82, 2.24) is 4.90 Å². The number of hydrogen-bond donors (Lipinski definition) is 0. The molecule has 64 valence electrons. The molecule has 0 unspecified atom stereocenters. The lowest BCUT2D eigenvalue weighted by Gasteiger charge is -2.32. The predicted molar refractivity (Wildman–Crippen MR) is 47.5 cm³/mol. The molecule has 0 aromatic carbocycles. The Balaban J connectivity index is 1.97. The number of piperidine rings is 1. The van der Waals surface area contributed by atoms with Crippen molar-refractivity contribution in [3.8, 4) is 0 Å². The van der Waals surface area contributed by atoms with E-state index in [-0.39, 0.29) is 0 Å². The molecule has 1 heteroatoms. The minimum absolute atomic E-state index is 1.01. The Hall–Kier alpha value is -0.0400. The number of hydrogen-bond acceptors (Lipinski definition) is 1. The van der Waals surface area contributed by atoms with Gasteiger partial charge >= 0.3 is 0 Å². The van der Waals surface area contributed by atoms with Gasteiger partial charge < -0.3 is 4.90 Å². The van der Waals surface area contributed by atoms with Crippen LogP contribution >= 0.6 is 0 Å². The molecule has 1 nitrogen and oxygen atoms in total. The summed E-state index contributed by atoms with van der Waals surface area (Å²) in [7, 11) is 2.26. The standard InChI is InChI=1S/C10H19N/c1-8-5-9-3-4-11(2)7-10(9)6-8/h8-10H,3-7H2,1-2H3/t8-,9-,10-/m0/s1. The van der Waals surface area contributed by atoms with Crippen LogP contribution in [-0.2, 0) is 0 Å². The molecule has 0 bridgehead atoms. The normalized spacial score (nSPS) is 45.8. The summed E-state index contributed by atoms with van der Waals surface area (Å²) in [5, 5.41) is 0. The fourth-order valence-electron chi connectivity index (χ4n) is 2.97. The van der Waals surface area contributed by atoms with Crippen LogP contribution in [0.2, 0.25) is 0 Å². The second kappa shape index (κ2) is 2.78. The predicted octanol–water partition coefficient (Wildman–Crippen LogP) is 1.98. The third-order valence-corrected chi connectivity index (χ3v) is 3.50. The lowest BCUT2D eigenvalue weighted by atomic mass is 9.89. The van der Waals surface area contributed by atoms with Crippen LogP contribution in [0.1, 0.15) is 26.2 Å². The number of nitrogens with zero attached hydrogens (tertiary/aromatic N) is 1. The summed E-state index contributed by atoms with van der Waals surface area (Å²) >= 11 is 0. The maximum Gasteiger partial charge on any atom is 0.000937 e. The molecule has 2 fully saturated rings. The second-order valence-electron chi connectivity index (χ2n) is 4.65. The zero-order chi connectivity index (χ0) is 7.84. The van der Waals surface area contributed by atoms with Gasteiger partial charge in [0, 0.05) is 6.54 Å². The van der Waals surface area contributed by atoms with E-state index in [9.17, 15) is 0 Å². The van der Waals surface area contributed by atoms with Gasteiger partial charge in [0.2, 0.25) is 0 Å². The SMILES string of the molecule is C[C@H]1C[C@@H]2CCN(C)C[C@@H]2C1. The van der Waals surface area contributed by atoms with E-state index in [0.29, 0.717) is 0 Å². The van der Waals surface area contributed by atoms with Gasteiger partial charge in [-0.2, -0.15) is 0 Å². The Morgan fingerprint density at radius 1 is 1.18 bits per heavy atom. The molecule has 1 heterocycles. The van der Waals surface area contributed by atoms with Gasteiger partial charge in [0.25, 0.3) is 0 Å². The molecule has 0 spiro atoms. The van der Waals surface area contributed by atoms with E-state index in [1.54, 1.807) is 0 Å². The highest BCUT2D eigenvalue weighted by Crippen LogP contribution is 2.40. The Morgan fingerprint density at radius 3 is 2.73 bits per heavy atom. The first-order chi connectivity index (χ1) is 5.25. The Kier molecular flexibility index (Phi) is 1.92. The van der Waals surface area contributed by atoms with Crippen molar-refractivity contribution in [1.29, 1.82) is 0 Å². The summed E-state index contributed by atoms with van der Waals surface area (Å²) in [6.07, 6.45) is 4.47. The Morgan fingerprint density at radius 2 is 1.91 bits per heavy atom. The maximum atomic E-state index is 2.50. The van der Waals surface area contributed by atoms with Crippen molar-refractivity contribution in [3.05, 3.63) is 0 Å². The van der Waals surface area contributed by atoms with Crippen LogP contribution in [0, 0.1) is 17.8 Å². The molecule has 3 atom stereocenters. The highest BCUT2D eigenvalue weighted by atomic mass is 15.1. The van der Waals surface area contributed by atoms with Crippen molar-refractivity contribution < 1.29 is 0 Å². The molecule has 2 aliphatic rings. The Labute approximate surface area is 69.8 Å². The first-order valence-electron chi connectivity index (χ1n) is 4.94. The molecule has 0 aromatic rings. The highest BCUT2D eigenvalue weighted by molar-refractivity contribution is 4.86. The quantitative estimate of drug-likeness (QED) is 0.514. The summed E-state index contributed by atoms with van der Waals surface area (Å²) in [5.74, 6) is 3.14. The van der Waals surface area contributed by atoms with Gasteiger partial charge in [-0.15, -0.1) is 0 Å². The molecule has 11 heavy (non-hydrogen) atoms. The lowest BCUT2D eigenvalue weighted by Crippen LogP contribution is -2.35. The number of fused-ring (bicyclic) bond motifs is 1. The number of likely N-dealkylation sites (tertiary alicyclic amines) is 1. The fraction of sp³-hybridized carbons (Fsp3) is 1.00. The van der Waals surface area contributed by atoms with Crippen molar-refractivity contribution in [2.24, 2.45) is 17.8 Å². The molecule has 1 aliphatic carbocycles. The Bertz CT molecular complexity index is 144. The van der Waals surface area contributed by atoms with Gasteiger partial charge in [-0.3, -0.25) is 0 Å². The molecule has 1 saturated carbocycles. The van der Waals surface area contributed by atoms with Gasteiger partial charge in [-0.1, -0.05) is 6.92 Å². The minimum Gasteiger partial charge on any atom is -0.306 e. The monoisotopic (exact) mass is 153 g/mol. The molecule has 1 saturated heterocycles. The zero-order valence-electron chi connectivity index (χ0n) is 7.71. The van der Waals surface area contributed by atoms with Crippen LogP contribution in [-0.4, -0.2) is 25.0 Å². The van der Waals surface area contributed by atoms with E-state index >= 15 is 0 Å². The van der Waals surface area contributed by atoms with Gasteiger partial charge in [-0.25, -0.2) is 0 Å². The summed E-state index contributed by atoms with van der Waals surface area (Å²) in [4.78, 5) is 2.50. The largest absolute Gasteiger partial charge is 0.306 e. The minimum atomic E-state index is 1.01. The van der Waals surface area contributed by atoms with Crippen LogP contribution in [0.4, 0.5) is 0 Å². The third kappa shape index (κ3) is 1.44. The van der Waals surface area contributed by atoms with Crippen LogP contribution in [0.3, 0.4) is 0 Å². The summed E-state index contributed by atoms with van der Waals surface area (Å²) in [5.41, 5.74) is 0. The van der Waals surface area contributed by atoms with Gasteiger partial charge in [-0.05, 0) is 50.6 Å². The van der Waals surface area contributed by atoms with Crippen LogP contribution in [0.25, 0.3) is 0 Å². The van der Waals surface area contributed by atoms with E-state index in [1.165, 1.54) is 32.4 Å². The van der Waals surface area contributed by atoms with Crippen LogP contribution in [0.5, 0.6) is 0 Å². The third-order valence-electron chi connectivity index (χ3n) is 3.50. The van der Waals surface area contributed by atoms with E-state index in [1.807, 2.05) is 0 Å². The van der Waals surface area contributed by atoms with Crippen molar-refractivity contribution in [2.45, 2.75) is 26.2 Å². The van der Waals surface area contributed by atoms with Gasteiger partial charge in [0.1, 0.15) is 0 Å². The first-order valence-corrected chi connectivity index (χ1v) is 4.94. The van der Waals surface area contributed by atoms with Crippen molar-refractivity contribution in [2.75, 3.05) is 20.1 Å². The van der Waals surface area contributed by atoms with Gasteiger partial charge in [0.05, 0.1) is 0 Å². The molecule has 1 aliphatic heterocycles. The zero-order valence-corrected chi connectivity index (χ0v) is 7.71. The van der Waals surface area contributed by atoms with Crippen LogP contribution in [0.15, 0.2) is 0 Å². The molecule has 0 radical (unpaired) electrons. The number of rotatable bonds is 0. The molecular formula is C10H19N. The molecule has 0 N–H and O–H groups in total. The summed E-state index contributed by atoms with van der Waals surface area (Å²) in [6.45, 7) is 5.13. The van der Waals surface area contributed by atoms with Gasteiger partial charge in [0.15, 0.2) is 0 Å². The topological polar surface area (TPSA) is 3.24 Å². The smallest absolute Gasteiger partial charge is 0.000937 e. The highest BCUT2D eigenvalue weighted by Gasteiger charge is 2.34. The van der Waals surface area contributed by atoms with E-state index in [2.05, 4.69) is 18.9 Å². The molecule has 0 amide bonds. The van der Waals surface area contributed by atoms with Crippen molar-refractivity contribution in [3.63, 3.8) is 0 Å². The maximum absolute atomic E-state index is 2.50. The van der Waals surface area contributed by atoms with E-state index < -0.39 is 0 Å². The summed E-state index contributed by atoms with van der Waals surface area (Å²) in [6, 6.07) is 0. The lowest BCUT2D eigenvalue weighted by molar-refractivity contribution is 0.166. The molecule has 2 rings (SSSR count). The molecule has 0 aromatic heterocycles. The van der Waals surface area contributed by atoms with E-state index in [0.717, 1.165) is 17.8 Å². The van der Waals surface area contributed by atoms with Crippen LogP contribution < -0.4 is 0 Å². The van der Waals surface area contributed by atoms with E-state index in [4.69, 9.17) is 0 Å². The second-order valence-corrected chi connectivity index (χ2v) is 4.65. The summed E-state index contributed by atoms with van der Waals surface area (Å²) < 4.78 is 0. The molecular weight excluding hydrogens is 134 g/mol. The average Bonchev–Trinajstić information content (AvgIpc) is 2.27. The van der Waals surface area contributed by atoms with Crippen molar-refractivity contribution >= 4 is 0 Å². The fourth-order valence-corrected chi connectivity index (χ4v) is 2.97.